The molecule has 0 aliphatic carbocycles. The summed E-state index contributed by atoms with van der Waals surface area (Å²) in [5.41, 5.74) is 9.06. The molecule has 112 valence electrons. The highest BCUT2D eigenvalue weighted by Gasteiger charge is 2.14. The summed E-state index contributed by atoms with van der Waals surface area (Å²) in [6, 6.07) is 18.8. The largest absolute Gasteiger partial charge is 0.399 e. The molecule has 3 N–H and O–H groups in total. The third kappa shape index (κ3) is 4.88. The van der Waals surface area contributed by atoms with Gasteiger partial charge in [0.1, 0.15) is 0 Å². The lowest BCUT2D eigenvalue weighted by Crippen LogP contribution is -2.36. The van der Waals surface area contributed by atoms with Crippen molar-refractivity contribution in [3.05, 3.63) is 65.7 Å². The third-order valence-electron chi connectivity index (χ3n) is 3.75. The van der Waals surface area contributed by atoms with E-state index in [1.165, 1.54) is 11.1 Å². The first-order valence-electron chi connectivity index (χ1n) is 7.42. The Labute approximate surface area is 127 Å². The minimum Gasteiger partial charge on any atom is -0.399 e. The first-order chi connectivity index (χ1) is 10.2. The van der Waals surface area contributed by atoms with Gasteiger partial charge in [-0.2, -0.15) is 0 Å². The van der Waals surface area contributed by atoms with Crippen LogP contribution in [0.15, 0.2) is 54.6 Å². The van der Waals surface area contributed by atoms with Gasteiger partial charge in [0.25, 0.3) is 0 Å². The van der Waals surface area contributed by atoms with E-state index < -0.39 is 0 Å². The molecule has 1 atom stereocenters. The second-order valence-corrected chi connectivity index (χ2v) is 5.47. The van der Waals surface area contributed by atoms with Crippen molar-refractivity contribution >= 4 is 5.69 Å². The summed E-state index contributed by atoms with van der Waals surface area (Å²) in [6.45, 7) is 3.93. The standard InChI is InChI=1S/C18H24N2O/c1-15(13-16-7-9-18(19)10-8-16)20(11-12-21)14-17-5-3-2-4-6-17/h2-10,15,21H,11-14,19H2,1H3. The second kappa shape index (κ2) is 7.81. The Hall–Kier alpha value is -1.84. The average molecular weight is 284 g/mol. The van der Waals surface area contributed by atoms with Gasteiger partial charge in [0, 0.05) is 24.8 Å². The van der Waals surface area contributed by atoms with Crippen LogP contribution < -0.4 is 5.73 Å². The Morgan fingerprint density at radius 1 is 1.00 bits per heavy atom. The maximum Gasteiger partial charge on any atom is 0.0558 e. The molecule has 0 aliphatic rings. The van der Waals surface area contributed by atoms with Gasteiger partial charge >= 0.3 is 0 Å². The molecule has 2 aromatic rings. The van der Waals surface area contributed by atoms with E-state index in [0.29, 0.717) is 12.6 Å². The average Bonchev–Trinajstić information content (AvgIpc) is 2.50. The highest BCUT2D eigenvalue weighted by molar-refractivity contribution is 5.39. The van der Waals surface area contributed by atoms with Crippen molar-refractivity contribution in [2.75, 3.05) is 18.9 Å². The SMILES string of the molecule is CC(Cc1ccc(N)cc1)N(CCO)Cc1ccccc1. The maximum atomic E-state index is 9.31. The molecule has 1 unspecified atom stereocenters. The summed E-state index contributed by atoms with van der Waals surface area (Å²) in [4.78, 5) is 2.31. The molecule has 0 bridgehead atoms. The van der Waals surface area contributed by atoms with Crippen LogP contribution in [0.3, 0.4) is 0 Å². The zero-order valence-electron chi connectivity index (χ0n) is 12.6. The lowest BCUT2D eigenvalue weighted by atomic mass is 10.0. The van der Waals surface area contributed by atoms with Crippen LogP contribution in [0.1, 0.15) is 18.1 Å². The lowest BCUT2D eigenvalue weighted by Gasteiger charge is -2.28. The van der Waals surface area contributed by atoms with Crippen LogP contribution in [0.2, 0.25) is 0 Å². The van der Waals surface area contributed by atoms with Crippen LogP contribution in [0.5, 0.6) is 0 Å². The zero-order chi connectivity index (χ0) is 15.1. The number of benzene rings is 2. The number of hydrogen-bond donors (Lipinski definition) is 2. The number of aliphatic hydroxyl groups excluding tert-OH is 1. The van der Waals surface area contributed by atoms with E-state index >= 15 is 0 Å². The molecule has 0 heterocycles. The van der Waals surface area contributed by atoms with E-state index in [-0.39, 0.29) is 6.61 Å². The highest BCUT2D eigenvalue weighted by atomic mass is 16.3. The van der Waals surface area contributed by atoms with Gasteiger partial charge in [0.15, 0.2) is 0 Å². The summed E-state index contributed by atoms with van der Waals surface area (Å²) in [7, 11) is 0. The lowest BCUT2D eigenvalue weighted by molar-refractivity contribution is 0.150. The van der Waals surface area contributed by atoms with Crippen molar-refractivity contribution in [2.45, 2.75) is 25.9 Å². The summed E-state index contributed by atoms with van der Waals surface area (Å²) >= 11 is 0. The smallest absolute Gasteiger partial charge is 0.0558 e. The number of nitrogen functional groups attached to an aromatic ring is 1. The number of nitrogens with two attached hydrogens (primary N) is 1. The zero-order valence-corrected chi connectivity index (χ0v) is 12.6. The monoisotopic (exact) mass is 284 g/mol. The summed E-state index contributed by atoms with van der Waals surface area (Å²) in [5.74, 6) is 0. The quantitative estimate of drug-likeness (QED) is 0.769. The van der Waals surface area contributed by atoms with Gasteiger partial charge in [0.2, 0.25) is 0 Å². The molecule has 0 aliphatic heterocycles. The van der Waals surface area contributed by atoms with Gasteiger partial charge in [-0.3, -0.25) is 4.90 Å². The fourth-order valence-electron chi connectivity index (χ4n) is 2.53. The molecule has 0 aromatic heterocycles. The number of anilines is 1. The Kier molecular flexibility index (Phi) is 5.78. The fraction of sp³-hybridized carbons (Fsp3) is 0.333. The van der Waals surface area contributed by atoms with Crippen molar-refractivity contribution in [1.82, 2.24) is 4.90 Å². The normalized spacial score (nSPS) is 12.5. The molecule has 0 spiro atoms. The van der Waals surface area contributed by atoms with Crippen LogP contribution >= 0.6 is 0 Å². The van der Waals surface area contributed by atoms with Crippen LogP contribution in [-0.4, -0.2) is 29.2 Å². The van der Waals surface area contributed by atoms with Gasteiger partial charge in [-0.15, -0.1) is 0 Å². The van der Waals surface area contributed by atoms with Crippen molar-refractivity contribution < 1.29 is 5.11 Å². The van der Waals surface area contributed by atoms with Crippen molar-refractivity contribution in [3.63, 3.8) is 0 Å². The van der Waals surface area contributed by atoms with E-state index in [0.717, 1.165) is 18.7 Å². The van der Waals surface area contributed by atoms with Gasteiger partial charge in [0.05, 0.1) is 6.61 Å². The second-order valence-electron chi connectivity index (χ2n) is 5.47. The minimum absolute atomic E-state index is 0.179. The molecule has 0 saturated heterocycles. The summed E-state index contributed by atoms with van der Waals surface area (Å²) < 4.78 is 0. The third-order valence-corrected chi connectivity index (χ3v) is 3.75. The van der Waals surface area contributed by atoms with Crippen LogP contribution in [0.25, 0.3) is 0 Å². The van der Waals surface area contributed by atoms with Gasteiger partial charge in [-0.25, -0.2) is 0 Å². The van der Waals surface area contributed by atoms with Gasteiger partial charge in [-0.05, 0) is 36.6 Å². The number of rotatable bonds is 7. The first-order valence-corrected chi connectivity index (χ1v) is 7.42. The van der Waals surface area contributed by atoms with E-state index in [4.69, 9.17) is 5.73 Å². The predicted octanol–water partition coefficient (Wildman–Crippen LogP) is 2.69. The van der Waals surface area contributed by atoms with Gasteiger partial charge in [-0.1, -0.05) is 42.5 Å². The molecule has 2 rings (SSSR count). The van der Waals surface area contributed by atoms with Crippen LogP contribution in [0.4, 0.5) is 5.69 Å². The molecule has 0 fully saturated rings. The number of nitrogens with zero attached hydrogens (tertiary/aromatic N) is 1. The summed E-state index contributed by atoms with van der Waals surface area (Å²) in [6.07, 6.45) is 0.952. The molecular formula is C18H24N2O. The van der Waals surface area contributed by atoms with E-state index in [2.05, 4.69) is 48.2 Å². The van der Waals surface area contributed by atoms with Crippen LogP contribution in [-0.2, 0) is 13.0 Å². The molecule has 3 heteroatoms. The van der Waals surface area contributed by atoms with Crippen molar-refractivity contribution in [2.24, 2.45) is 0 Å². The maximum absolute atomic E-state index is 9.31. The Balaban J connectivity index is 2.01. The van der Waals surface area contributed by atoms with Gasteiger partial charge < -0.3 is 10.8 Å². The first kappa shape index (κ1) is 15.5. The number of aliphatic hydroxyl groups is 1. The topological polar surface area (TPSA) is 49.5 Å². The van der Waals surface area contributed by atoms with Crippen molar-refractivity contribution in [1.29, 1.82) is 0 Å². The van der Waals surface area contributed by atoms with Crippen LogP contribution in [0, 0.1) is 0 Å². The van der Waals surface area contributed by atoms with E-state index in [9.17, 15) is 5.11 Å². The Morgan fingerprint density at radius 2 is 1.67 bits per heavy atom. The predicted molar refractivity (Wildman–Crippen MR) is 88.0 cm³/mol. The highest BCUT2D eigenvalue weighted by Crippen LogP contribution is 2.14. The molecule has 2 aromatic carbocycles. The molecule has 21 heavy (non-hydrogen) atoms. The molecule has 0 amide bonds. The molecule has 3 nitrogen and oxygen atoms in total. The van der Waals surface area contributed by atoms with E-state index in [1.54, 1.807) is 0 Å². The molecule has 0 radical (unpaired) electrons. The molecule has 0 saturated carbocycles. The van der Waals surface area contributed by atoms with E-state index in [1.807, 2.05) is 18.2 Å². The number of hydrogen-bond acceptors (Lipinski definition) is 3. The minimum atomic E-state index is 0.179. The fourth-order valence-corrected chi connectivity index (χ4v) is 2.53. The summed E-state index contributed by atoms with van der Waals surface area (Å²) in [5, 5.41) is 9.31. The Bertz CT molecular complexity index is 525. The Morgan fingerprint density at radius 3 is 2.29 bits per heavy atom. The van der Waals surface area contributed by atoms with Crippen molar-refractivity contribution in [3.8, 4) is 0 Å². The molecular weight excluding hydrogens is 260 g/mol.